The molecule has 12 rings (SSSR count). The van der Waals surface area contributed by atoms with Gasteiger partial charge in [0.15, 0.2) is 0 Å². The third-order valence-electron chi connectivity index (χ3n) is 13.1. The van der Waals surface area contributed by atoms with Crippen molar-refractivity contribution in [2.75, 3.05) is 4.90 Å². The van der Waals surface area contributed by atoms with E-state index in [-0.39, 0.29) is 5.41 Å². The molecule has 0 bridgehead atoms. The molecule has 2 nitrogen and oxygen atoms in total. The normalized spacial score (nSPS) is 12.9. The maximum atomic E-state index is 2.42. The van der Waals surface area contributed by atoms with E-state index in [0.29, 0.717) is 0 Å². The van der Waals surface area contributed by atoms with E-state index in [2.05, 4.69) is 242 Å². The molecule has 1 aliphatic carbocycles. The summed E-state index contributed by atoms with van der Waals surface area (Å²) < 4.78 is 2.41. The number of hydrogen-bond acceptors (Lipinski definition) is 1. The van der Waals surface area contributed by atoms with Gasteiger partial charge in [-0.25, -0.2) is 0 Å². The molecule has 0 saturated carbocycles. The van der Waals surface area contributed by atoms with Gasteiger partial charge in [0, 0.05) is 38.9 Å². The van der Waals surface area contributed by atoms with Crippen molar-refractivity contribution in [3.8, 4) is 39.1 Å². The second kappa shape index (κ2) is 13.7. The lowest BCUT2D eigenvalue weighted by molar-refractivity contribution is 0.662. The summed E-state index contributed by atoms with van der Waals surface area (Å²) in [7, 11) is 0. The Bertz CT molecular complexity index is 3460. The van der Waals surface area contributed by atoms with Crippen molar-refractivity contribution in [3.63, 3.8) is 0 Å². The second-order valence-corrected chi connectivity index (χ2v) is 16.9. The number of rotatable bonds is 6. The van der Waals surface area contributed by atoms with Crippen LogP contribution in [0.3, 0.4) is 0 Å². The molecule has 0 N–H and O–H groups in total. The maximum Gasteiger partial charge on any atom is 0.0541 e. The average Bonchev–Trinajstić information content (AvgIpc) is 3.78. The fourth-order valence-electron chi connectivity index (χ4n) is 10.4. The van der Waals surface area contributed by atoms with Gasteiger partial charge in [0.05, 0.1) is 11.0 Å². The summed E-state index contributed by atoms with van der Waals surface area (Å²) in [5, 5.41) is 7.59. The largest absolute Gasteiger partial charge is 0.310 e. The predicted octanol–water partition coefficient (Wildman–Crippen LogP) is 16.2. The molecule has 0 fully saturated rings. The zero-order valence-corrected chi connectivity index (χ0v) is 34.2. The molecule has 0 unspecified atom stereocenters. The van der Waals surface area contributed by atoms with Crippen molar-refractivity contribution in [2.45, 2.75) is 19.3 Å². The molecule has 2 heteroatoms. The molecule has 0 aliphatic heterocycles. The third-order valence-corrected chi connectivity index (χ3v) is 13.1. The average molecular weight is 779 g/mol. The lowest BCUT2D eigenvalue weighted by Gasteiger charge is -2.28. The Kier molecular flexibility index (Phi) is 7.92. The predicted molar refractivity (Wildman–Crippen MR) is 259 cm³/mol. The fraction of sp³-hybridized carbons (Fsp3) is 0.0508. The summed E-state index contributed by atoms with van der Waals surface area (Å²) in [6.07, 6.45) is 0. The van der Waals surface area contributed by atoms with Crippen molar-refractivity contribution in [2.24, 2.45) is 0 Å². The topological polar surface area (TPSA) is 8.17 Å². The van der Waals surface area contributed by atoms with Crippen molar-refractivity contribution in [1.82, 2.24) is 4.57 Å². The third kappa shape index (κ3) is 5.49. The van der Waals surface area contributed by atoms with Gasteiger partial charge >= 0.3 is 0 Å². The molecule has 288 valence electrons. The molecule has 1 aliphatic rings. The highest BCUT2D eigenvalue weighted by molar-refractivity contribution is 6.12. The zero-order valence-electron chi connectivity index (χ0n) is 34.2. The van der Waals surface area contributed by atoms with Gasteiger partial charge in [0.2, 0.25) is 0 Å². The van der Waals surface area contributed by atoms with E-state index in [1.54, 1.807) is 0 Å². The summed E-state index contributed by atoms with van der Waals surface area (Å²) in [5.41, 5.74) is 17.0. The highest BCUT2D eigenvalue weighted by atomic mass is 15.1. The number of benzene rings is 10. The van der Waals surface area contributed by atoms with Gasteiger partial charge in [-0.2, -0.15) is 0 Å². The van der Waals surface area contributed by atoms with E-state index in [1.165, 1.54) is 87.9 Å². The van der Waals surface area contributed by atoms with E-state index in [4.69, 9.17) is 0 Å². The van der Waals surface area contributed by atoms with Crippen LogP contribution in [0.25, 0.3) is 82.4 Å². The van der Waals surface area contributed by atoms with Crippen LogP contribution in [0.15, 0.2) is 218 Å². The first-order valence-electron chi connectivity index (χ1n) is 21.3. The number of anilines is 3. The van der Waals surface area contributed by atoms with Crippen LogP contribution in [0.1, 0.15) is 25.0 Å². The van der Waals surface area contributed by atoms with E-state index in [1.807, 2.05) is 0 Å². The van der Waals surface area contributed by atoms with Gasteiger partial charge in [0.1, 0.15) is 0 Å². The number of fused-ring (bicyclic) bond motifs is 9. The Labute approximate surface area is 356 Å². The monoisotopic (exact) mass is 778 g/mol. The van der Waals surface area contributed by atoms with E-state index in [9.17, 15) is 0 Å². The van der Waals surface area contributed by atoms with Crippen LogP contribution in [0.4, 0.5) is 17.1 Å². The SMILES string of the molecule is CC1(C)c2ccccc2-c2cccc(-c3cccc(N(c4ccc(-c5cccc6c5ccc5ccccc56)cc4)c4cccc(-n5c6ccccc6c6ccccc65)c4)c3)c21. The lowest BCUT2D eigenvalue weighted by Crippen LogP contribution is -2.16. The zero-order chi connectivity index (χ0) is 40.7. The number of hydrogen-bond donors (Lipinski definition) is 0. The van der Waals surface area contributed by atoms with Crippen LogP contribution < -0.4 is 4.90 Å². The minimum Gasteiger partial charge on any atom is -0.310 e. The Morgan fingerprint density at radius 3 is 1.75 bits per heavy atom. The molecule has 0 spiro atoms. The summed E-state index contributed by atoms with van der Waals surface area (Å²) in [6, 6.07) is 80.4. The van der Waals surface area contributed by atoms with Gasteiger partial charge in [-0.05, 0) is 121 Å². The molecule has 10 aromatic carbocycles. The molecule has 11 aromatic rings. The molecule has 0 atom stereocenters. The minimum atomic E-state index is -0.126. The van der Waals surface area contributed by atoms with Gasteiger partial charge in [-0.1, -0.05) is 178 Å². The van der Waals surface area contributed by atoms with Gasteiger partial charge in [0.25, 0.3) is 0 Å². The van der Waals surface area contributed by atoms with Crippen molar-refractivity contribution in [3.05, 3.63) is 230 Å². The molecular weight excluding hydrogens is 737 g/mol. The summed E-state index contributed by atoms with van der Waals surface area (Å²) in [6.45, 7) is 4.74. The maximum absolute atomic E-state index is 2.42. The van der Waals surface area contributed by atoms with Crippen LogP contribution in [0.5, 0.6) is 0 Å². The summed E-state index contributed by atoms with van der Waals surface area (Å²) in [4.78, 5) is 2.42. The highest BCUT2D eigenvalue weighted by Crippen LogP contribution is 2.52. The Hall–Kier alpha value is -7.68. The fourth-order valence-corrected chi connectivity index (χ4v) is 10.4. The smallest absolute Gasteiger partial charge is 0.0541 e. The van der Waals surface area contributed by atoms with Crippen molar-refractivity contribution >= 4 is 60.4 Å². The van der Waals surface area contributed by atoms with Crippen LogP contribution in [-0.4, -0.2) is 4.57 Å². The first-order chi connectivity index (χ1) is 30.0. The molecule has 61 heavy (non-hydrogen) atoms. The Morgan fingerprint density at radius 1 is 0.361 bits per heavy atom. The molecule has 0 radical (unpaired) electrons. The Morgan fingerprint density at radius 2 is 0.951 bits per heavy atom. The number of nitrogens with zero attached hydrogens (tertiary/aromatic N) is 2. The first kappa shape index (κ1) is 35.3. The molecule has 1 heterocycles. The standard InChI is InChI=1S/C59H42N2/c1-59(2)55-28-8-5-21-51(55)54-27-14-25-48(58(54)59)41-16-11-17-43(37-41)60(44-18-12-19-45(38-44)61-56-29-9-6-22-52(56)53-23-7-10-30-57(53)61)42-34-31-40(32-35-42)47-24-13-26-49-46-20-4-3-15-39(46)33-36-50(47)49/h3-38H,1-2H3. The Balaban J connectivity index is 1.03. The van der Waals surface area contributed by atoms with Crippen LogP contribution >= 0.6 is 0 Å². The minimum absolute atomic E-state index is 0.126. The van der Waals surface area contributed by atoms with Gasteiger partial charge < -0.3 is 9.47 Å². The van der Waals surface area contributed by atoms with Gasteiger partial charge in [-0.15, -0.1) is 0 Å². The molecular formula is C59H42N2. The molecule has 0 amide bonds. The molecule has 1 aromatic heterocycles. The second-order valence-electron chi connectivity index (χ2n) is 16.9. The van der Waals surface area contributed by atoms with E-state index >= 15 is 0 Å². The number of para-hydroxylation sites is 2. The van der Waals surface area contributed by atoms with Crippen LogP contribution in [0, 0.1) is 0 Å². The van der Waals surface area contributed by atoms with Crippen LogP contribution in [-0.2, 0) is 5.41 Å². The number of aromatic nitrogens is 1. The van der Waals surface area contributed by atoms with Crippen molar-refractivity contribution in [1.29, 1.82) is 0 Å². The van der Waals surface area contributed by atoms with E-state index in [0.717, 1.165) is 22.7 Å². The van der Waals surface area contributed by atoms with Crippen molar-refractivity contribution < 1.29 is 0 Å². The quantitative estimate of drug-likeness (QED) is 0.153. The molecule has 0 saturated heterocycles. The van der Waals surface area contributed by atoms with E-state index < -0.39 is 0 Å². The van der Waals surface area contributed by atoms with Crippen LogP contribution in [0.2, 0.25) is 0 Å². The summed E-state index contributed by atoms with van der Waals surface area (Å²) >= 11 is 0. The van der Waals surface area contributed by atoms with Gasteiger partial charge in [-0.3, -0.25) is 0 Å². The highest BCUT2D eigenvalue weighted by Gasteiger charge is 2.37. The summed E-state index contributed by atoms with van der Waals surface area (Å²) in [5.74, 6) is 0. The first-order valence-corrected chi connectivity index (χ1v) is 21.3. The lowest BCUT2D eigenvalue weighted by atomic mass is 9.79.